The third-order valence-electron chi connectivity index (χ3n) is 2.32. The van der Waals surface area contributed by atoms with Gasteiger partial charge in [-0.2, -0.15) is 5.10 Å². The van der Waals surface area contributed by atoms with Crippen molar-refractivity contribution in [3.05, 3.63) is 38.3 Å². The summed E-state index contributed by atoms with van der Waals surface area (Å²) in [7, 11) is 1.85. The molecule has 0 amide bonds. The molecule has 0 bridgehead atoms. The molecule has 0 radical (unpaired) electrons. The van der Waals surface area contributed by atoms with Crippen LogP contribution in [-0.2, 0) is 7.05 Å². The van der Waals surface area contributed by atoms with Crippen LogP contribution in [0.25, 0.3) is 0 Å². The van der Waals surface area contributed by atoms with Gasteiger partial charge in [0.15, 0.2) is 0 Å². The van der Waals surface area contributed by atoms with E-state index in [1.165, 1.54) is 11.3 Å². The minimum absolute atomic E-state index is 0.205. The topological polar surface area (TPSA) is 55.9 Å². The zero-order valence-corrected chi connectivity index (χ0v) is 10.8. The summed E-state index contributed by atoms with van der Waals surface area (Å²) in [5.41, 5.74) is 4.51. The quantitative estimate of drug-likeness (QED) is 0.668. The van der Waals surface area contributed by atoms with E-state index in [2.05, 4.69) is 10.5 Å². The van der Waals surface area contributed by atoms with E-state index in [4.69, 9.17) is 29.0 Å². The summed E-state index contributed by atoms with van der Waals surface area (Å²) in [5, 5.41) is 4.10. The van der Waals surface area contributed by atoms with Crippen LogP contribution in [-0.4, -0.2) is 9.78 Å². The summed E-state index contributed by atoms with van der Waals surface area (Å²) in [6, 6.07) is 3.49. The first kappa shape index (κ1) is 11.9. The van der Waals surface area contributed by atoms with Crippen LogP contribution in [0.4, 0.5) is 0 Å². The summed E-state index contributed by atoms with van der Waals surface area (Å²) in [6.07, 6.45) is 1.71. The number of nitrogens with two attached hydrogens (primary N) is 1. The van der Waals surface area contributed by atoms with Gasteiger partial charge in [0.1, 0.15) is 0 Å². The van der Waals surface area contributed by atoms with Gasteiger partial charge in [0.25, 0.3) is 0 Å². The lowest BCUT2D eigenvalue weighted by Gasteiger charge is -2.15. The average molecular weight is 277 g/mol. The van der Waals surface area contributed by atoms with Crippen molar-refractivity contribution in [1.29, 1.82) is 0 Å². The van der Waals surface area contributed by atoms with Crippen molar-refractivity contribution in [2.24, 2.45) is 12.9 Å². The minimum atomic E-state index is -0.205. The number of nitrogens with zero attached hydrogens (tertiary/aromatic N) is 2. The van der Waals surface area contributed by atoms with Gasteiger partial charge in [-0.15, -0.1) is 11.3 Å². The molecule has 2 aromatic heterocycles. The second-order valence-corrected chi connectivity index (χ2v) is 5.54. The van der Waals surface area contributed by atoms with Crippen LogP contribution in [0.5, 0.6) is 0 Å². The lowest BCUT2D eigenvalue weighted by atomic mass is 10.1. The summed E-state index contributed by atoms with van der Waals surface area (Å²) >= 11 is 13.3. The molecule has 4 nitrogen and oxygen atoms in total. The number of aryl methyl sites for hydroxylation is 1. The Morgan fingerprint density at radius 3 is 2.75 bits per heavy atom. The predicted octanol–water partition coefficient (Wildman–Crippen LogP) is 2.34. The fraction of sp³-hybridized carbons (Fsp3) is 0.222. The molecule has 2 heterocycles. The number of aromatic nitrogens is 2. The highest BCUT2D eigenvalue weighted by molar-refractivity contribution is 7.20. The molecule has 0 aliphatic carbocycles. The first-order valence-corrected chi connectivity index (χ1v) is 6.09. The predicted molar refractivity (Wildman–Crippen MR) is 66.7 cm³/mol. The van der Waals surface area contributed by atoms with Gasteiger partial charge in [-0.05, 0) is 12.1 Å². The lowest BCUT2D eigenvalue weighted by Crippen LogP contribution is -2.30. The SMILES string of the molecule is Cn1nccc1C(NN)c1cc(Cl)sc1Cl. The maximum absolute atomic E-state index is 6.10. The molecule has 2 rings (SSSR count). The third kappa shape index (κ3) is 2.09. The number of rotatable bonds is 3. The van der Waals surface area contributed by atoms with Crippen molar-refractivity contribution in [3.8, 4) is 0 Å². The number of nitrogens with one attached hydrogen (secondary N) is 1. The molecule has 7 heteroatoms. The van der Waals surface area contributed by atoms with E-state index in [0.717, 1.165) is 11.3 Å². The Kier molecular flexibility index (Phi) is 3.51. The maximum Gasteiger partial charge on any atom is 0.0996 e. The van der Waals surface area contributed by atoms with Crippen LogP contribution >= 0.6 is 34.5 Å². The van der Waals surface area contributed by atoms with E-state index in [1.807, 2.05) is 19.2 Å². The molecule has 3 N–H and O–H groups in total. The second kappa shape index (κ2) is 4.73. The van der Waals surface area contributed by atoms with Crippen LogP contribution in [0.15, 0.2) is 18.3 Å². The van der Waals surface area contributed by atoms with Crippen molar-refractivity contribution in [3.63, 3.8) is 0 Å². The van der Waals surface area contributed by atoms with Gasteiger partial charge < -0.3 is 0 Å². The minimum Gasteiger partial charge on any atom is -0.271 e. The van der Waals surface area contributed by atoms with Crippen molar-refractivity contribution in [2.45, 2.75) is 6.04 Å². The monoisotopic (exact) mass is 276 g/mol. The van der Waals surface area contributed by atoms with Crippen LogP contribution in [0.3, 0.4) is 0 Å². The Balaban J connectivity index is 2.44. The van der Waals surface area contributed by atoms with Gasteiger partial charge in [-0.3, -0.25) is 10.5 Å². The highest BCUT2D eigenvalue weighted by Crippen LogP contribution is 2.36. The molecule has 2 aromatic rings. The van der Waals surface area contributed by atoms with E-state index in [0.29, 0.717) is 8.67 Å². The van der Waals surface area contributed by atoms with Crippen LogP contribution in [0.1, 0.15) is 17.3 Å². The number of hydrogen-bond donors (Lipinski definition) is 2. The van der Waals surface area contributed by atoms with Crippen molar-refractivity contribution in [1.82, 2.24) is 15.2 Å². The summed E-state index contributed by atoms with van der Waals surface area (Å²) < 4.78 is 3.02. The smallest absolute Gasteiger partial charge is 0.0996 e. The molecule has 86 valence electrons. The second-order valence-electron chi connectivity index (χ2n) is 3.26. The summed E-state index contributed by atoms with van der Waals surface area (Å²) in [6.45, 7) is 0. The molecule has 1 atom stereocenters. The van der Waals surface area contributed by atoms with Gasteiger partial charge in [0.05, 0.1) is 20.4 Å². The molecule has 0 spiro atoms. The van der Waals surface area contributed by atoms with Crippen LogP contribution < -0.4 is 11.3 Å². The molecule has 16 heavy (non-hydrogen) atoms. The molecule has 1 unspecified atom stereocenters. The Morgan fingerprint density at radius 1 is 1.56 bits per heavy atom. The van der Waals surface area contributed by atoms with Gasteiger partial charge in [-0.25, -0.2) is 5.43 Å². The van der Waals surface area contributed by atoms with Crippen molar-refractivity contribution >= 4 is 34.5 Å². The highest BCUT2D eigenvalue weighted by atomic mass is 35.5. The van der Waals surface area contributed by atoms with E-state index in [9.17, 15) is 0 Å². The highest BCUT2D eigenvalue weighted by Gasteiger charge is 2.20. The lowest BCUT2D eigenvalue weighted by molar-refractivity contribution is 0.576. The maximum atomic E-state index is 6.10. The first-order valence-electron chi connectivity index (χ1n) is 4.52. The standard InChI is InChI=1S/C9H10Cl2N4S/c1-15-6(2-3-13-15)8(14-12)5-4-7(10)16-9(5)11/h2-4,8,14H,12H2,1H3. The number of hydrazine groups is 1. The van der Waals surface area contributed by atoms with Gasteiger partial charge in [0, 0.05) is 18.8 Å². The number of hydrogen-bond acceptors (Lipinski definition) is 4. The molecule has 0 saturated heterocycles. The third-order valence-corrected chi connectivity index (χ3v) is 3.83. The molecule has 0 aliphatic rings. The summed E-state index contributed by atoms with van der Waals surface area (Å²) in [4.78, 5) is 0. The van der Waals surface area contributed by atoms with Gasteiger partial charge >= 0.3 is 0 Å². The average Bonchev–Trinajstić information content (AvgIpc) is 2.77. The van der Waals surface area contributed by atoms with Crippen LogP contribution in [0, 0.1) is 0 Å². The van der Waals surface area contributed by atoms with E-state index >= 15 is 0 Å². The van der Waals surface area contributed by atoms with Gasteiger partial charge in [0.2, 0.25) is 0 Å². The largest absolute Gasteiger partial charge is 0.271 e. The molecule has 0 saturated carbocycles. The number of halogens is 2. The van der Waals surface area contributed by atoms with E-state index < -0.39 is 0 Å². The fourth-order valence-electron chi connectivity index (χ4n) is 1.55. The zero-order chi connectivity index (χ0) is 11.7. The van der Waals surface area contributed by atoms with E-state index in [-0.39, 0.29) is 6.04 Å². The van der Waals surface area contributed by atoms with Gasteiger partial charge in [-0.1, -0.05) is 23.2 Å². The van der Waals surface area contributed by atoms with E-state index in [1.54, 1.807) is 10.9 Å². The first-order chi connectivity index (χ1) is 7.63. The Labute approximate surface area is 107 Å². The van der Waals surface area contributed by atoms with Crippen molar-refractivity contribution < 1.29 is 0 Å². The fourth-order valence-corrected chi connectivity index (χ4v) is 3.08. The number of thiophene rings is 1. The Bertz CT molecular complexity index is 493. The summed E-state index contributed by atoms with van der Waals surface area (Å²) in [5.74, 6) is 5.55. The van der Waals surface area contributed by atoms with Crippen molar-refractivity contribution in [2.75, 3.05) is 0 Å². The van der Waals surface area contributed by atoms with Crippen LogP contribution in [0.2, 0.25) is 8.67 Å². The molecule has 0 fully saturated rings. The Hall–Kier alpha value is -0.590. The zero-order valence-electron chi connectivity index (χ0n) is 8.45. The normalized spacial score (nSPS) is 13.0. The molecule has 0 aliphatic heterocycles. The Morgan fingerprint density at radius 2 is 2.31 bits per heavy atom. The molecular formula is C9H10Cl2N4S. The molecule has 0 aromatic carbocycles. The molecular weight excluding hydrogens is 267 g/mol.